The molecule has 9 rings (SSSR count). The Morgan fingerprint density at radius 1 is 0.582 bits per heavy atom. The van der Waals surface area contributed by atoms with Crippen molar-refractivity contribution in [1.82, 2.24) is 40.4 Å². The Morgan fingerprint density at radius 2 is 1.04 bits per heavy atom. The predicted octanol–water partition coefficient (Wildman–Crippen LogP) is 9.76. The van der Waals surface area contributed by atoms with E-state index < -0.39 is 24.3 Å². The maximum Gasteiger partial charge on any atom is 0.407 e. The lowest BCUT2D eigenvalue weighted by Gasteiger charge is -2.30. The van der Waals surface area contributed by atoms with E-state index in [1.165, 1.54) is 14.2 Å². The molecule has 4 atom stereocenters. The lowest BCUT2D eigenvalue weighted by Crippen LogP contribution is -2.51. The molecule has 0 aliphatic carbocycles. The molecule has 0 radical (unpaired) electrons. The summed E-state index contributed by atoms with van der Waals surface area (Å²) in [5.41, 5.74) is 8.82. The van der Waals surface area contributed by atoms with Crippen LogP contribution in [-0.4, -0.2) is 87.1 Å². The molecular weight excluding hydrogens is 845 g/mol. The number of hydrogen-bond acceptors (Lipinski definition) is 8. The van der Waals surface area contributed by atoms with Crippen molar-refractivity contribution in [2.24, 2.45) is 5.92 Å². The summed E-state index contributed by atoms with van der Waals surface area (Å²) in [6.45, 7) is 4.97. The number of nitrogens with one attached hydrogen (secondary N) is 4. The molecule has 67 heavy (non-hydrogen) atoms. The molecule has 2 aliphatic rings. The smallest absolute Gasteiger partial charge is 0.407 e. The average molecular weight is 899 g/mol. The van der Waals surface area contributed by atoms with E-state index >= 15 is 0 Å². The number of nitrogens with zero attached hydrogens (tertiary/aromatic N) is 4. The van der Waals surface area contributed by atoms with Gasteiger partial charge in [-0.05, 0) is 87.9 Å². The molecule has 0 saturated carbocycles. The van der Waals surface area contributed by atoms with E-state index in [2.05, 4.69) is 106 Å². The van der Waals surface area contributed by atoms with Gasteiger partial charge >= 0.3 is 12.2 Å². The molecule has 5 aromatic carbocycles. The molecule has 14 nitrogen and oxygen atoms in total. The van der Waals surface area contributed by atoms with Crippen molar-refractivity contribution in [2.45, 2.75) is 63.7 Å². The van der Waals surface area contributed by atoms with Crippen LogP contribution in [0.2, 0.25) is 0 Å². The zero-order chi connectivity index (χ0) is 46.6. The van der Waals surface area contributed by atoms with E-state index in [1.54, 1.807) is 4.90 Å². The van der Waals surface area contributed by atoms with E-state index in [0.29, 0.717) is 24.5 Å². The number of likely N-dealkylation sites (tertiary alicyclic amines) is 2. The number of aromatic nitrogens is 4. The van der Waals surface area contributed by atoms with Crippen LogP contribution in [-0.2, 0) is 19.1 Å². The molecule has 4 heterocycles. The summed E-state index contributed by atoms with van der Waals surface area (Å²) in [6.07, 6.45) is 5.57. The second-order valence-corrected chi connectivity index (χ2v) is 17.5. The Balaban J connectivity index is 0.848. The monoisotopic (exact) mass is 898 g/mol. The van der Waals surface area contributed by atoms with Crippen molar-refractivity contribution in [2.75, 3.05) is 27.3 Å². The third kappa shape index (κ3) is 9.37. The van der Waals surface area contributed by atoms with Crippen LogP contribution < -0.4 is 10.6 Å². The molecule has 342 valence electrons. The highest BCUT2D eigenvalue weighted by Gasteiger charge is 2.39. The van der Waals surface area contributed by atoms with E-state index in [1.807, 2.05) is 61.5 Å². The molecule has 0 bridgehead atoms. The molecule has 0 spiro atoms. The van der Waals surface area contributed by atoms with Crippen molar-refractivity contribution in [3.05, 3.63) is 145 Å². The molecule has 2 aromatic heterocycles. The van der Waals surface area contributed by atoms with Gasteiger partial charge in [-0.3, -0.25) is 9.59 Å². The first-order valence-corrected chi connectivity index (χ1v) is 22.8. The maximum absolute atomic E-state index is 14.0. The minimum absolute atomic E-state index is 0.104. The molecule has 7 aromatic rings. The summed E-state index contributed by atoms with van der Waals surface area (Å²) in [5.74, 6) is 0.997. The molecule has 4 amide bonds. The fourth-order valence-corrected chi connectivity index (χ4v) is 9.38. The second-order valence-electron chi connectivity index (χ2n) is 17.5. The zero-order valence-corrected chi connectivity index (χ0v) is 38.0. The quantitative estimate of drug-likeness (QED) is 0.0938. The number of imidazole rings is 2. The van der Waals surface area contributed by atoms with Gasteiger partial charge in [0.1, 0.15) is 23.7 Å². The van der Waals surface area contributed by atoms with Gasteiger partial charge in [-0.15, -0.1) is 0 Å². The van der Waals surface area contributed by atoms with Crippen LogP contribution in [0.3, 0.4) is 0 Å². The number of carbonyl (C=O) groups excluding carboxylic acids is 4. The number of methoxy groups -OCH3 is 2. The number of rotatable bonds is 12. The van der Waals surface area contributed by atoms with Gasteiger partial charge < -0.3 is 39.9 Å². The highest BCUT2D eigenvalue weighted by Crippen LogP contribution is 2.36. The number of H-pyrrole nitrogens is 2. The number of fused-ring (bicyclic) bond motifs is 1. The molecule has 2 fully saturated rings. The van der Waals surface area contributed by atoms with Crippen molar-refractivity contribution >= 4 is 34.8 Å². The first-order valence-electron chi connectivity index (χ1n) is 22.8. The Kier molecular flexibility index (Phi) is 12.9. The summed E-state index contributed by atoms with van der Waals surface area (Å²) < 4.78 is 9.62. The molecular formula is C53H54N8O6. The fourth-order valence-electron chi connectivity index (χ4n) is 9.38. The Hall–Kier alpha value is -7.74. The van der Waals surface area contributed by atoms with Crippen LogP contribution in [0.4, 0.5) is 9.59 Å². The zero-order valence-electron chi connectivity index (χ0n) is 38.0. The van der Waals surface area contributed by atoms with Crippen LogP contribution >= 0.6 is 0 Å². The summed E-state index contributed by atoms with van der Waals surface area (Å²) in [6, 6.07) is 37.0. The van der Waals surface area contributed by atoms with Gasteiger partial charge in [0, 0.05) is 18.7 Å². The van der Waals surface area contributed by atoms with Crippen LogP contribution in [0, 0.1) is 5.92 Å². The Labute approximate surface area is 389 Å². The number of hydrogen-bond donors (Lipinski definition) is 4. The summed E-state index contributed by atoms with van der Waals surface area (Å²) in [5, 5.41) is 7.64. The van der Waals surface area contributed by atoms with E-state index in [9.17, 15) is 19.2 Å². The molecule has 2 aliphatic heterocycles. The standard InChI is InChI=1S/C53H54N8O6/c1-32(2)46(58-52(64)66-3)50(62)60-26-8-12-44(60)48-54-30-42(56-48)36-20-18-34(19-21-36)33-14-16-35(17-15-33)38-22-23-40-29-41(25-24-39(40)28-38)43-31-55-49(57-43)45-13-9-27-61(45)51(63)47(59-53(65)67-4)37-10-6-5-7-11-37/h5-7,10-11,14-25,28-32,44-47H,8-9,12-13,26-27H2,1-4H3,(H,54,56)(H,55,57)(H,58,64)(H,59,65)/t44-,45-,46?,47+/m0/s1. The highest BCUT2D eigenvalue weighted by molar-refractivity contribution is 5.91. The minimum Gasteiger partial charge on any atom is -0.453 e. The summed E-state index contributed by atoms with van der Waals surface area (Å²) in [4.78, 5) is 71.8. The van der Waals surface area contributed by atoms with Gasteiger partial charge in [-0.1, -0.05) is 117 Å². The third-order valence-electron chi connectivity index (χ3n) is 13.0. The highest BCUT2D eigenvalue weighted by atomic mass is 16.5. The number of carbonyl (C=O) groups is 4. The average Bonchev–Trinajstić information content (AvgIpc) is 4.22. The van der Waals surface area contributed by atoms with Gasteiger partial charge in [0.25, 0.3) is 5.91 Å². The lowest BCUT2D eigenvalue weighted by molar-refractivity contribution is -0.135. The van der Waals surface area contributed by atoms with Crippen LogP contribution in [0.15, 0.2) is 128 Å². The SMILES string of the molecule is COC(=O)NC(C(=O)N1CCC[C@H]1c1ncc(-c2ccc(-c3ccc(-c4ccc5cc(-c6cnc([C@@H]7CCCN7C(=O)[C@H](NC(=O)OC)c7ccccc7)[nH]6)ccc5c4)cc3)cc2)[nH]1)C(C)C. The van der Waals surface area contributed by atoms with E-state index in [0.717, 1.165) is 87.0 Å². The molecule has 1 unspecified atom stereocenters. The first kappa shape index (κ1) is 44.5. The van der Waals surface area contributed by atoms with Gasteiger partial charge in [-0.2, -0.15) is 0 Å². The van der Waals surface area contributed by atoms with Crippen molar-refractivity contribution in [1.29, 1.82) is 0 Å². The van der Waals surface area contributed by atoms with E-state index in [4.69, 9.17) is 19.4 Å². The maximum atomic E-state index is 14.0. The summed E-state index contributed by atoms with van der Waals surface area (Å²) in [7, 11) is 2.58. The van der Waals surface area contributed by atoms with Crippen LogP contribution in [0.1, 0.15) is 74.9 Å². The number of benzene rings is 5. The number of alkyl carbamates (subject to hydrolysis) is 2. The lowest BCUT2D eigenvalue weighted by atomic mass is 9.97. The van der Waals surface area contributed by atoms with Crippen molar-refractivity contribution in [3.63, 3.8) is 0 Å². The van der Waals surface area contributed by atoms with Crippen LogP contribution in [0.25, 0.3) is 55.5 Å². The largest absolute Gasteiger partial charge is 0.453 e. The van der Waals surface area contributed by atoms with Crippen molar-refractivity contribution < 1.29 is 28.7 Å². The fraction of sp³-hybridized carbons (Fsp3) is 0.283. The number of aromatic amines is 2. The number of ether oxygens (including phenoxy) is 2. The van der Waals surface area contributed by atoms with Gasteiger partial charge in [0.05, 0.1) is 50.1 Å². The van der Waals surface area contributed by atoms with Gasteiger partial charge in [-0.25, -0.2) is 19.6 Å². The summed E-state index contributed by atoms with van der Waals surface area (Å²) >= 11 is 0. The Bertz CT molecular complexity index is 2890. The topological polar surface area (TPSA) is 175 Å². The first-order chi connectivity index (χ1) is 32.6. The molecule has 14 heteroatoms. The predicted molar refractivity (Wildman–Crippen MR) is 256 cm³/mol. The molecule has 2 saturated heterocycles. The van der Waals surface area contributed by atoms with Crippen molar-refractivity contribution in [3.8, 4) is 44.8 Å². The van der Waals surface area contributed by atoms with Gasteiger partial charge in [0.15, 0.2) is 0 Å². The Morgan fingerprint density at radius 3 is 1.60 bits per heavy atom. The molecule has 4 N–H and O–H groups in total. The van der Waals surface area contributed by atoms with Crippen LogP contribution in [0.5, 0.6) is 0 Å². The second kappa shape index (κ2) is 19.4. The number of amides is 4. The minimum atomic E-state index is -0.879. The van der Waals surface area contributed by atoms with E-state index in [-0.39, 0.29) is 29.8 Å². The third-order valence-corrected chi connectivity index (χ3v) is 13.0. The van der Waals surface area contributed by atoms with Gasteiger partial charge in [0.2, 0.25) is 5.91 Å². The normalized spacial score (nSPS) is 16.8.